The van der Waals surface area contributed by atoms with Gasteiger partial charge in [0, 0.05) is 0 Å². The average Bonchev–Trinajstić information content (AvgIpc) is 2.65. The zero-order chi connectivity index (χ0) is 14.6. The fourth-order valence-electron chi connectivity index (χ4n) is 1.59. The molecule has 1 N–H and O–H groups in total. The smallest absolute Gasteiger partial charge is 0.360 e. The van der Waals surface area contributed by atoms with Crippen LogP contribution in [0.4, 0.5) is 0 Å². The maximum atomic E-state index is 11.8. The standard InChI is InChI=1S/C13H15NO5/c1-5-18-12(16)10-8(4)11(14-9(10)6-15)13(17)19-7(2)3/h6,14H,2,5H2,1,3-4H3. The number of aromatic nitrogens is 1. The van der Waals surface area contributed by atoms with Gasteiger partial charge in [-0.1, -0.05) is 6.58 Å². The van der Waals surface area contributed by atoms with E-state index in [1.165, 1.54) is 13.8 Å². The van der Waals surface area contributed by atoms with Crippen molar-refractivity contribution in [3.63, 3.8) is 0 Å². The van der Waals surface area contributed by atoms with Crippen molar-refractivity contribution in [2.75, 3.05) is 6.61 Å². The number of ether oxygens (including phenoxy) is 2. The molecule has 6 nitrogen and oxygen atoms in total. The van der Waals surface area contributed by atoms with Crippen molar-refractivity contribution in [2.24, 2.45) is 0 Å². The Kier molecular flexibility index (Phi) is 4.63. The highest BCUT2D eigenvalue weighted by atomic mass is 16.5. The van der Waals surface area contributed by atoms with Gasteiger partial charge < -0.3 is 14.5 Å². The van der Waals surface area contributed by atoms with Crippen molar-refractivity contribution in [3.8, 4) is 0 Å². The van der Waals surface area contributed by atoms with Crippen LogP contribution >= 0.6 is 0 Å². The molecule has 0 atom stereocenters. The van der Waals surface area contributed by atoms with Crippen LogP contribution in [-0.2, 0) is 9.47 Å². The third kappa shape index (κ3) is 3.09. The molecule has 0 spiro atoms. The van der Waals surface area contributed by atoms with Gasteiger partial charge in [-0.3, -0.25) is 4.79 Å². The fourth-order valence-corrected chi connectivity index (χ4v) is 1.59. The van der Waals surface area contributed by atoms with Crippen LogP contribution in [0.2, 0.25) is 0 Å². The van der Waals surface area contributed by atoms with Gasteiger partial charge in [-0.05, 0) is 26.3 Å². The number of nitrogens with one attached hydrogen (secondary N) is 1. The van der Waals surface area contributed by atoms with E-state index in [1.807, 2.05) is 0 Å². The summed E-state index contributed by atoms with van der Waals surface area (Å²) in [5.41, 5.74) is 0.384. The largest absolute Gasteiger partial charge is 0.462 e. The van der Waals surface area contributed by atoms with Gasteiger partial charge in [-0.15, -0.1) is 0 Å². The summed E-state index contributed by atoms with van der Waals surface area (Å²) in [7, 11) is 0. The van der Waals surface area contributed by atoms with Gasteiger partial charge in [-0.25, -0.2) is 9.59 Å². The highest BCUT2D eigenvalue weighted by Crippen LogP contribution is 2.20. The molecule has 0 amide bonds. The number of H-pyrrole nitrogens is 1. The lowest BCUT2D eigenvalue weighted by atomic mass is 10.1. The molecule has 0 aliphatic carbocycles. The molecular weight excluding hydrogens is 250 g/mol. The first-order valence-electron chi connectivity index (χ1n) is 5.64. The van der Waals surface area contributed by atoms with Gasteiger partial charge in [-0.2, -0.15) is 0 Å². The van der Waals surface area contributed by atoms with Crippen molar-refractivity contribution in [1.29, 1.82) is 0 Å². The van der Waals surface area contributed by atoms with E-state index in [0.29, 0.717) is 11.8 Å². The van der Waals surface area contributed by atoms with Crippen LogP contribution in [0.15, 0.2) is 12.3 Å². The third-order valence-electron chi connectivity index (χ3n) is 2.35. The normalized spacial score (nSPS) is 9.84. The van der Waals surface area contributed by atoms with Gasteiger partial charge in [0.2, 0.25) is 0 Å². The molecule has 0 bridgehead atoms. The van der Waals surface area contributed by atoms with Crippen LogP contribution in [0.1, 0.15) is 50.7 Å². The average molecular weight is 265 g/mol. The van der Waals surface area contributed by atoms with Crippen LogP contribution in [0.25, 0.3) is 0 Å². The van der Waals surface area contributed by atoms with Crippen LogP contribution < -0.4 is 0 Å². The molecule has 0 aromatic carbocycles. The second-order valence-corrected chi connectivity index (χ2v) is 3.84. The molecule has 1 aromatic rings. The third-order valence-corrected chi connectivity index (χ3v) is 2.35. The Morgan fingerprint density at radius 3 is 2.47 bits per heavy atom. The summed E-state index contributed by atoms with van der Waals surface area (Å²) in [5, 5.41) is 0. The molecule has 102 valence electrons. The number of carbonyl (C=O) groups excluding carboxylic acids is 3. The first-order valence-corrected chi connectivity index (χ1v) is 5.64. The van der Waals surface area contributed by atoms with E-state index in [4.69, 9.17) is 9.47 Å². The zero-order valence-corrected chi connectivity index (χ0v) is 11.0. The van der Waals surface area contributed by atoms with Gasteiger partial charge in [0.25, 0.3) is 0 Å². The fraction of sp³-hybridized carbons (Fsp3) is 0.308. The maximum Gasteiger partial charge on any atom is 0.360 e. The number of esters is 2. The summed E-state index contributed by atoms with van der Waals surface area (Å²) >= 11 is 0. The van der Waals surface area contributed by atoms with Crippen molar-refractivity contribution in [3.05, 3.63) is 34.9 Å². The Morgan fingerprint density at radius 2 is 2.00 bits per heavy atom. The number of aromatic amines is 1. The van der Waals surface area contributed by atoms with E-state index in [9.17, 15) is 14.4 Å². The van der Waals surface area contributed by atoms with E-state index in [-0.39, 0.29) is 29.3 Å². The summed E-state index contributed by atoms with van der Waals surface area (Å²) < 4.78 is 9.67. The molecule has 6 heteroatoms. The minimum absolute atomic E-state index is 0.00962. The van der Waals surface area contributed by atoms with Gasteiger partial charge in [0.05, 0.1) is 23.6 Å². The Morgan fingerprint density at radius 1 is 1.37 bits per heavy atom. The van der Waals surface area contributed by atoms with E-state index in [2.05, 4.69) is 11.6 Å². The Hall–Kier alpha value is -2.37. The summed E-state index contributed by atoms with van der Waals surface area (Å²) in [6, 6.07) is 0. The molecule has 0 saturated carbocycles. The number of hydrogen-bond donors (Lipinski definition) is 1. The number of carbonyl (C=O) groups is 3. The molecule has 0 fully saturated rings. The van der Waals surface area contributed by atoms with E-state index in [1.54, 1.807) is 6.92 Å². The minimum Gasteiger partial charge on any atom is -0.462 e. The summed E-state index contributed by atoms with van der Waals surface area (Å²) in [6.45, 7) is 8.32. The zero-order valence-electron chi connectivity index (χ0n) is 11.0. The molecule has 0 unspecified atom stereocenters. The monoisotopic (exact) mass is 265 g/mol. The first-order chi connectivity index (χ1) is 8.92. The van der Waals surface area contributed by atoms with Crippen LogP contribution in [0.5, 0.6) is 0 Å². The quantitative estimate of drug-likeness (QED) is 0.500. The second-order valence-electron chi connectivity index (χ2n) is 3.84. The summed E-state index contributed by atoms with van der Waals surface area (Å²) in [6.07, 6.45) is 0.455. The maximum absolute atomic E-state index is 11.8. The lowest BCUT2D eigenvalue weighted by Crippen LogP contribution is -2.09. The second kappa shape index (κ2) is 5.99. The lowest BCUT2D eigenvalue weighted by Gasteiger charge is -2.03. The minimum atomic E-state index is -0.705. The molecule has 0 aliphatic rings. The topological polar surface area (TPSA) is 85.5 Å². The number of hydrogen-bond acceptors (Lipinski definition) is 5. The number of aldehydes is 1. The van der Waals surface area contributed by atoms with E-state index in [0.717, 1.165) is 0 Å². The highest BCUT2D eigenvalue weighted by molar-refractivity contribution is 6.03. The predicted molar refractivity (Wildman–Crippen MR) is 67.1 cm³/mol. The molecular formula is C13H15NO5. The highest BCUT2D eigenvalue weighted by Gasteiger charge is 2.25. The molecule has 0 aliphatic heterocycles. The van der Waals surface area contributed by atoms with Gasteiger partial charge in [0.15, 0.2) is 6.29 Å². The van der Waals surface area contributed by atoms with Gasteiger partial charge >= 0.3 is 11.9 Å². The molecule has 1 heterocycles. The van der Waals surface area contributed by atoms with Crippen LogP contribution in [0.3, 0.4) is 0 Å². The molecule has 1 aromatic heterocycles. The Balaban J connectivity index is 3.23. The van der Waals surface area contributed by atoms with Crippen molar-refractivity contribution >= 4 is 18.2 Å². The van der Waals surface area contributed by atoms with Gasteiger partial charge in [0.1, 0.15) is 5.69 Å². The Labute approximate surface area is 110 Å². The molecule has 1 rings (SSSR count). The molecule has 0 saturated heterocycles. The SMILES string of the molecule is C=C(C)OC(=O)c1[nH]c(C=O)c(C(=O)OCC)c1C. The molecule has 19 heavy (non-hydrogen) atoms. The van der Waals surface area contributed by atoms with Crippen LogP contribution in [0, 0.1) is 6.92 Å². The summed E-state index contributed by atoms with van der Waals surface area (Å²) in [4.78, 5) is 37.0. The van der Waals surface area contributed by atoms with Crippen LogP contribution in [-0.4, -0.2) is 29.8 Å². The van der Waals surface area contributed by atoms with Crippen molar-refractivity contribution in [2.45, 2.75) is 20.8 Å². The van der Waals surface area contributed by atoms with E-state index < -0.39 is 11.9 Å². The van der Waals surface area contributed by atoms with Crippen molar-refractivity contribution < 1.29 is 23.9 Å². The predicted octanol–water partition coefficient (Wildman–Crippen LogP) is 2.00. The number of allylic oxidation sites excluding steroid dienone is 1. The van der Waals surface area contributed by atoms with Crippen molar-refractivity contribution in [1.82, 2.24) is 4.98 Å². The summed E-state index contributed by atoms with van der Waals surface area (Å²) in [5.74, 6) is -1.15. The lowest BCUT2D eigenvalue weighted by molar-refractivity contribution is 0.0523. The first kappa shape index (κ1) is 14.7. The van der Waals surface area contributed by atoms with E-state index >= 15 is 0 Å². The Bertz CT molecular complexity index is 541. The number of rotatable bonds is 5. The molecule has 0 radical (unpaired) electrons.